The molecular formula is C41H43FN4O4. The fraction of sp³-hybridized carbons (Fsp3) is 0.293. The first-order valence-corrected chi connectivity index (χ1v) is 17.0. The highest BCUT2D eigenvalue weighted by Crippen LogP contribution is 2.44. The molecule has 9 heteroatoms. The van der Waals surface area contributed by atoms with Crippen LogP contribution >= 0.6 is 0 Å². The molecule has 1 aliphatic rings. The summed E-state index contributed by atoms with van der Waals surface area (Å²) in [6, 6.07) is 36.1. The second-order valence-corrected chi connectivity index (χ2v) is 13.5. The first-order chi connectivity index (χ1) is 24.0. The standard InChI is InChI=1S/C41H43FN4O4/c1-5-49-39(48)35-27-45(41(29-15-9-6-10-16-29,30-17-11-7-12-18-30)31-19-13-8-14-20-31)23-24-46(35)37(43)34-22-21-28-25-32(42)26-33(36(28)44-34)38(47)50-40(2,3)4/h6-22,25-26,35,37H,5,23-24,27,43H2,1-4H3. The van der Waals surface area contributed by atoms with Crippen molar-refractivity contribution in [1.29, 1.82) is 0 Å². The van der Waals surface area contributed by atoms with Crippen LogP contribution in [0.1, 0.15) is 66.6 Å². The Morgan fingerprint density at radius 1 is 0.860 bits per heavy atom. The van der Waals surface area contributed by atoms with Crippen molar-refractivity contribution < 1.29 is 23.5 Å². The van der Waals surface area contributed by atoms with Crippen molar-refractivity contribution in [2.45, 2.75) is 51.0 Å². The van der Waals surface area contributed by atoms with E-state index in [1.807, 2.05) is 59.5 Å². The van der Waals surface area contributed by atoms with E-state index in [2.05, 4.69) is 41.3 Å². The Bertz CT molecular complexity index is 1850. The highest BCUT2D eigenvalue weighted by Gasteiger charge is 2.48. The van der Waals surface area contributed by atoms with Crippen LogP contribution in [0.4, 0.5) is 4.39 Å². The van der Waals surface area contributed by atoms with Crippen molar-refractivity contribution in [1.82, 2.24) is 14.8 Å². The number of nitrogens with two attached hydrogens (primary N) is 1. The van der Waals surface area contributed by atoms with Gasteiger partial charge in [-0.25, -0.2) is 14.2 Å². The maximum atomic E-state index is 14.6. The number of fused-ring (bicyclic) bond motifs is 1. The number of nitrogens with zero attached hydrogens (tertiary/aromatic N) is 3. The fourth-order valence-corrected chi connectivity index (χ4v) is 7.01. The summed E-state index contributed by atoms with van der Waals surface area (Å²) in [4.78, 5) is 36.1. The molecule has 8 nitrogen and oxygen atoms in total. The predicted octanol–water partition coefficient (Wildman–Crippen LogP) is 6.83. The van der Waals surface area contributed by atoms with Gasteiger partial charge >= 0.3 is 11.9 Å². The van der Waals surface area contributed by atoms with E-state index in [1.54, 1.807) is 39.8 Å². The van der Waals surface area contributed by atoms with Gasteiger partial charge in [-0.2, -0.15) is 0 Å². The van der Waals surface area contributed by atoms with Gasteiger partial charge in [-0.15, -0.1) is 0 Å². The highest BCUT2D eigenvalue weighted by molar-refractivity contribution is 6.03. The average Bonchev–Trinajstić information content (AvgIpc) is 3.12. The smallest absolute Gasteiger partial charge is 0.340 e. The molecule has 5 aromatic rings. The van der Waals surface area contributed by atoms with Crippen molar-refractivity contribution in [3.8, 4) is 0 Å². The first kappa shape index (κ1) is 34.9. The zero-order valence-corrected chi connectivity index (χ0v) is 28.9. The van der Waals surface area contributed by atoms with Crippen LogP contribution in [0.3, 0.4) is 0 Å². The number of rotatable bonds is 9. The van der Waals surface area contributed by atoms with E-state index in [4.69, 9.17) is 20.2 Å². The van der Waals surface area contributed by atoms with Gasteiger partial charge < -0.3 is 15.2 Å². The van der Waals surface area contributed by atoms with Gasteiger partial charge in [-0.05, 0) is 62.6 Å². The van der Waals surface area contributed by atoms with Gasteiger partial charge in [0.15, 0.2) is 0 Å². The summed E-state index contributed by atoms with van der Waals surface area (Å²) in [5, 5.41) is 0.437. The minimum atomic E-state index is -0.841. The van der Waals surface area contributed by atoms with Gasteiger partial charge in [0, 0.05) is 25.0 Å². The van der Waals surface area contributed by atoms with Crippen LogP contribution in [0.15, 0.2) is 115 Å². The average molecular weight is 675 g/mol. The molecule has 0 spiro atoms. The summed E-state index contributed by atoms with van der Waals surface area (Å²) in [5.74, 6) is -1.65. The van der Waals surface area contributed by atoms with Gasteiger partial charge in [0.25, 0.3) is 0 Å². The van der Waals surface area contributed by atoms with E-state index in [-0.39, 0.29) is 17.7 Å². The van der Waals surface area contributed by atoms with Gasteiger partial charge in [0.2, 0.25) is 0 Å². The summed E-state index contributed by atoms with van der Waals surface area (Å²) in [5.41, 5.74) is 9.36. The molecule has 0 bridgehead atoms. The zero-order chi connectivity index (χ0) is 35.5. The number of esters is 2. The second kappa shape index (κ2) is 14.5. The lowest BCUT2D eigenvalue weighted by Gasteiger charge is -2.51. The zero-order valence-electron chi connectivity index (χ0n) is 28.9. The number of carbonyl (C=O) groups excluding carboxylic acids is 2. The lowest BCUT2D eigenvalue weighted by atomic mass is 9.75. The summed E-state index contributed by atoms with van der Waals surface area (Å²) in [7, 11) is 0. The number of benzene rings is 4. The number of piperazine rings is 1. The third kappa shape index (κ3) is 6.89. The Kier molecular flexibility index (Phi) is 10.1. The largest absolute Gasteiger partial charge is 0.465 e. The Balaban J connectivity index is 1.43. The molecule has 2 unspecified atom stereocenters. The van der Waals surface area contributed by atoms with Crippen molar-refractivity contribution in [3.05, 3.63) is 149 Å². The van der Waals surface area contributed by atoms with E-state index in [0.717, 1.165) is 22.8 Å². The van der Waals surface area contributed by atoms with E-state index in [9.17, 15) is 14.0 Å². The molecular weight excluding hydrogens is 631 g/mol. The van der Waals surface area contributed by atoms with Crippen LogP contribution in [-0.2, 0) is 19.8 Å². The highest BCUT2D eigenvalue weighted by atomic mass is 19.1. The molecule has 1 fully saturated rings. The van der Waals surface area contributed by atoms with Crippen LogP contribution in [0, 0.1) is 5.82 Å². The second-order valence-electron chi connectivity index (χ2n) is 13.5. The number of halogens is 1. The number of aromatic nitrogens is 1. The van der Waals surface area contributed by atoms with Gasteiger partial charge in [-0.3, -0.25) is 14.6 Å². The molecule has 258 valence electrons. The quantitative estimate of drug-likeness (QED) is 0.134. The SMILES string of the molecule is CCOC(=O)C1CN(C(c2ccccc2)(c2ccccc2)c2ccccc2)CCN1C(N)c1ccc2cc(F)cc(C(=O)OC(C)(C)C)c2n1. The Morgan fingerprint density at radius 3 is 1.94 bits per heavy atom. The molecule has 0 saturated carbocycles. The molecule has 0 aliphatic carbocycles. The lowest BCUT2D eigenvalue weighted by Crippen LogP contribution is -2.64. The molecule has 2 atom stereocenters. The maximum Gasteiger partial charge on any atom is 0.340 e. The molecule has 1 aromatic heterocycles. The van der Waals surface area contributed by atoms with Gasteiger partial charge in [0.1, 0.15) is 23.6 Å². The minimum absolute atomic E-state index is 0.00843. The number of pyridine rings is 1. The van der Waals surface area contributed by atoms with Crippen molar-refractivity contribution in [2.75, 3.05) is 26.2 Å². The van der Waals surface area contributed by atoms with E-state index < -0.39 is 41.1 Å². The molecule has 0 amide bonds. The van der Waals surface area contributed by atoms with Crippen molar-refractivity contribution in [2.24, 2.45) is 5.73 Å². The topological polar surface area (TPSA) is 98.0 Å². The third-order valence-electron chi connectivity index (χ3n) is 9.09. The molecule has 1 aliphatic heterocycles. The Hall–Kier alpha value is -4.96. The Morgan fingerprint density at radius 2 is 1.42 bits per heavy atom. The number of ether oxygens (including phenoxy) is 2. The Labute approximate surface area is 292 Å². The predicted molar refractivity (Wildman–Crippen MR) is 192 cm³/mol. The summed E-state index contributed by atoms with van der Waals surface area (Å²) < 4.78 is 25.9. The first-order valence-electron chi connectivity index (χ1n) is 17.0. The lowest BCUT2D eigenvalue weighted by molar-refractivity contribution is -0.155. The van der Waals surface area contributed by atoms with E-state index in [1.165, 1.54) is 6.07 Å². The summed E-state index contributed by atoms with van der Waals surface area (Å²) in [6.45, 7) is 8.49. The van der Waals surface area contributed by atoms with Crippen LogP contribution in [0.25, 0.3) is 10.9 Å². The summed E-state index contributed by atoms with van der Waals surface area (Å²) in [6.07, 6.45) is -0.841. The molecule has 4 aromatic carbocycles. The fourth-order valence-electron chi connectivity index (χ4n) is 7.01. The molecule has 0 radical (unpaired) electrons. The van der Waals surface area contributed by atoms with Crippen LogP contribution < -0.4 is 5.73 Å². The maximum absolute atomic E-state index is 14.6. The number of hydrogen-bond donors (Lipinski definition) is 1. The van der Waals surface area contributed by atoms with E-state index >= 15 is 0 Å². The number of hydrogen-bond acceptors (Lipinski definition) is 8. The van der Waals surface area contributed by atoms with Crippen LogP contribution in [0.2, 0.25) is 0 Å². The monoisotopic (exact) mass is 674 g/mol. The molecule has 50 heavy (non-hydrogen) atoms. The van der Waals surface area contributed by atoms with Crippen LogP contribution in [0.5, 0.6) is 0 Å². The summed E-state index contributed by atoms with van der Waals surface area (Å²) >= 11 is 0. The van der Waals surface area contributed by atoms with E-state index in [0.29, 0.717) is 30.7 Å². The number of carbonyl (C=O) groups is 2. The van der Waals surface area contributed by atoms with Gasteiger partial charge in [-0.1, -0.05) is 97.1 Å². The van der Waals surface area contributed by atoms with Crippen LogP contribution in [-0.4, -0.2) is 64.6 Å². The molecule has 1 saturated heterocycles. The normalized spacial score (nSPS) is 16.6. The molecule has 2 N–H and O–H groups in total. The van der Waals surface area contributed by atoms with Gasteiger partial charge in [0.05, 0.1) is 28.9 Å². The van der Waals surface area contributed by atoms with Crippen molar-refractivity contribution in [3.63, 3.8) is 0 Å². The third-order valence-corrected chi connectivity index (χ3v) is 9.09. The molecule has 2 heterocycles. The molecule has 6 rings (SSSR count). The minimum Gasteiger partial charge on any atom is -0.465 e. The van der Waals surface area contributed by atoms with Crippen molar-refractivity contribution >= 4 is 22.8 Å².